The van der Waals surface area contributed by atoms with Crippen molar-refractivity contribution in [3.63, 3.8) is 0 Å². The van der Waals surface area contributed by atoms with Crippen LogP contribution in [0, 0.1) is 0 Å². The molecular weight excluding hydrogens is 270 g/mol. The van der Waals surface area contributed by atoms with Gasteiger partial charge in [-0.15, -0.1) is 0 Å². The van der Waals surface area contributed by atoms with Crippen LogP contribution in [0.4, 0.5) is 0 Å². The summed E-state index contributed by atoms with van der Waals surface area (Å²) in [6, 6.07) is 6.79. The highest BCUT2D eigenvalue weighted by molar-refractivity contribution is 6.32. The largest absolute Gasteiger partial charge is 0.480 e. The number of benzene rings is 1. The number of esters is 1. The van der Waals surface area contributed by atoms with Crippen molar-refractivity contribution in [3.8, 4) is 5.75 Å². The number of carbonyl (C=O) groups is 2. The lowest BCUT2D eigenvalue weighted by molar-refractivity contribution is -0.150. The van der Waals surface area contributed by atoms with Crippen molar-refractivity contribution in [2.24, 2.45) is 0 Å². The van der Waals surface area contributed by atoms with E-state index < -0.39 is 5.97 Å². The van der Waals surface area contributed by atoms with Gasteiger partial charge in [0.05, 0.1) is 5.02 Å². The fourth-order valence-electron chi connectivity index (χ4n) is 1.25. The lowest BCUT2D eigenvalue weighted by Crippen LogP contribution is -2.34. The Balaban J connectivity index is 2.29. The Hall–Kier alpha value is -1.75. The first kappa shape index (κ1) is 15.3. The number of ether oxygens (including phenoxy) is 2. The second-order valence-corrected chi connectivity index (χ2v) is 4.51. The average Bonchev–Trinajstić information content (AvgIpc) is 2.34. The zero-order valence-corrected chi connectivity index (χ0v) is 11.6. The summed E-state index contributed by atoms with van der Waals surface area (Å²) < 4.78 is 9.92. The Morgan fingerprint density at radius 2 is 1.95 bits per heavy atom. The molecule has 0 aromatic heterocycles. The van der Waals surface area contributed by atoms with Crippen molar-refractivity contribution in [2.45, 2.75) is 19.9 Å². The van der Waals surface area contributed by atoms with Gasteiger partial charge in [0, 0.05) is 6.04 Å². The van der Waals surface area contributed by atoms with E-state index in [4.69, 9.17) is 21.1 Å². The number of hydrogen-bond acceptors (Lipinski definition) is 4. The molecule has 0 aliphatic carbocycles. The molecule has 0 radical (unpaired) electrons. The van der Waals surface area contributed by atoms with Crippen LogP contribution in [0.5, 0.6) is 5.75 Å². The summed E-state index contributed by atoms with van der Waals surface area (Å²) in [5.74, 6) is -0.576. The molecule has 5 nitrogen and oxygen atoms in total. The topological polar surface area (TPSA) is 64.6 Å². The van der Waals surface area contributed by atoms with Crippen molar-refractivity contribution in [1.82, 2.24) is 5.32 Å². The van der Waals surface area contributed by atoms with Gasteiger partial charge < -0.3 is 14.8 Å². The smallest absolute Gasteiger partial charge is 0.344 e. The number of para-hydroxylation sites is 1. The molecule has 0 heterocycles. The number of nitrogens with one attached hydrogen (secondary N) is 1. The first-order chi connectivity index (χ1) is 8.99. The minimum Gasteiger partial charge on any atom is -0.480 e. The first-order valence-corrected chi connectivity index (χ1v) is 6.19. The van der Waals surface area contributed by atoms with Gasteiger partial charge in [0.15, 0.2) is 13.2 Å². The summed E-state index contributed by atoms with van der Waals surface area (Å²) in [6.07, 6.45) is 0. The number of carbonyl (C=O) groups excluding carboxylic acids is 2. The van der Waals surface area contributed by atoms with E-state index in [0.29, 0.717) is 10.8 Å². The Morgan fingerprint density at radius 1 is 1.26 bits per heavy atom. The van der Waals surface area contributed by atoms with E-state index in [1.807, 2.05) is 13.8 Å². The van der Waals surface area contributed by atoms with Gasteiger partial charge in [-0.1, -0.05) is 23.7 Å². The first-order valence-electron chi connectivity index (χ1n) is 5.81. The second-order valence-electron chi connectivity index (χ2n) is 4.10. The van der Waals surface area contributed by atoms with E-state index in [0.717, 1.165) is 0 Å². The van der Waals surface area contributed by atoms with Gasteiger partial charge in [0.1, 0.15) is 5.75 Å². The molecule has 6 heteroatoms. The van der Waals surface area contributed by atoms with Crippen LogP contribution in [-0.4, -0.2) is 31.1 Å². The third-order valence-electron chi connectivity index (χ3n) is 2.00. The molecule has 0 unspecified atom stereocenters. The molecule has 0 fully saturated rings. The molecule has 1 aromatic carbocycles. The quantitative estimate of drug-likeness (QED) is 0.809. The highest BCUT2D eigenvalue weighted by atomic mass is 35.5. The van der Waals surface area contributed by atoms with Gasteiger partial charge >= 0.3 is 5.97 Å². The minimum atomic E-state index is -0.626. The SMILES string of the molecule is CC(C)NC(=O)COC(=O)COc1ccccc1Cl. The lowest BCUT2D eigenvalue weighted by atomic mass is 10.3. The molecule has 1 aromatic rings. The zero-order chi connectivity index (χ0) is 14.3. The fourth-order valence-corrected chi connectivity index (χ4v) is 1.44. The standard InChI is InChI=1S/C13H16ClNO4/c1-9(2)15-12(16)7-19-13(17)8-18-11-6-4-3-5-10(11)14/h3-6,9H,7-8H2,1-2H3,(H,15,16). The maximum absolute atomic E-state index is 11.3. The third-order valence-corrected chi connectivity index (χ3v) is 2.31. The predicted molar refractivity (Wildman–Crippen MR) is 71.2 cm³/mol. The second kappa shape index (κ2) is 7.63. The van der Waals surface area contributed by atoms with Crippen LogP contribution in [0.2, 0.25) is 5.02 Å². The Bertz CT molecular complexity index is 448. The summed E-state index contributed by atoms with van der Waals surface area (Å²) in [4.78, 5) is 22.6. The van der Waals surface area contributed by atoms with Crippen molar-refractivity contribution in [2.75, 3.05) is 13.2 Å². The number of rotatable bonds is 6. The normalized spacial score (nSPS) is 10.1. The van der Waals surface area contributed by atoms with E-state index in [1.165, 1.54) is 0 Å². The summed E-state index contributed by atoms with van der Waals surface area (Å²) in [7, 11) is 0. The van der Waals surface area contributed by atoms with Crippen LogP contribution in [-0.2, 0) is 14.3 Å². The highest BCUT2D eigenvalue weighted by Crippen LogP contribution is 2.22. The van der Waals surface area contributed by atoms with Gasteiger partial charge in [-0.05, 0) is 26.0 Å². The molecule has 0 aliphatic heterocycles. The molecule has 0 saturated carbocycles. The van der Waals surface area contributed by atoms with E-state index in [2.05, 4.69) is 5.32 Å². The zero-order valence-electron chi connectivity index (χ0n) is 10.8. The molecule has 1 rings (SSSR count). The maximum Gasteiger partial charge on any atom is 0.344 e. The molecule has 0 aliphatic rings. The van der Waals surface area contributed by atoms with Gasteiger partial charge in [-0.3, -0.25) is 4.79 Å². The average molecular weight is 286 g/mol. The number of hydrogen-bond donors (Lipinski definition) is 1. The highest BCUT2D eigenvalue weighted by Gasteiger charge is 2.10. The third kappa shape index (κ3) is 6.10. The van der Waals surface area contributed by atoms with Crippen LogP contribution in [0.25, 0.3) is 0 Å². The van der Waals surface area contributed by atoms with Gasteiger partial charge in [-0.25, -0.2) is 4.79 Å². The summed E-state index contributed by atoms with van der Waals surface area (Å²) in [5, 5.41) is 3.01. The molecule has 0 bridgehead atoms. The van der Waals surface area contributed by atoms with Crippen molar-refractivity contribution in [3.05, 3.63) is 29.3 Å². The Labute approximate surface area is 116 Å². The molecule has 1 amide bonds. The predicted octanol–water partition coefficient (Wildman–Crippen LogP) is 1.79. The molecule has 0 spiro atoms. The van der Waals surface area contributed by atoms with E-state index >= 15 is 0 Å². The summed E-state index contributed by atoms with van der Waals surface area (Å²) >= 11 is 5.85. The van der Waals surface area contributed by atoms with Crippen LogP contribution in [0.1, 0.15) is 13.8 Å². The van der Waals surface area contributed by atoms with E-state index in [-0.39, 0.29) is 25.2 Å². The monoisotopic (exact) mass is 285 g/mol. The molecule has 0 saturated heterocycles. The molecule has 19 heavy (non-hydrogen) atoms. The molecular formula is C13H16ClNO4. The van der Waals surface area contributed by atoms with Crippen molar-refractivity contribution < 1.29 is 19.1 Å². The van der Waals surface area contributed by atoms with E-state index in [1.54, 1.807) is 24.3 Å². The van der Waals surface area contributed by atoms with Crippen LogP contribution in [0.3, 0.4) is 0 Å². The molecule has 0 atom stereocenters. The van der Waals surface area contributed by atoms with Gasteiger partial charge in [0.2, 0.25) is 0 Å². The van der Waals surface area contributed by atoms with Gasteiger partial charge in [-0.2, -0.15) is 0 Å². The molecule has 1 N–H and O–H groups in total. The summed E-state index contributed by atoms with van der Waals surface area (Å²) in [5.41, 5.74) is 0. The Kier molecular flexibility index (Phi) is 6.15. The molecule has 104 valence electrons. The summed E-state index contributed by atoms with van der Waals surface area (Å²) in [6.45, 7) is 3.03. The maximum atomic E-state index is 11.3. The van der Waals surface area contributed by atoms with Crippen LogP contribution < -0.4 is 10.1 Å². The van der Waals surface area contributed by atoms with Gasteiger partial charge in [0.25, 0.3) is 5.91 Å². The number of amides is 1. The van der Waals surface area contributed by atoms with Crippen LogP contribution >= 0.6 is 11.6 Å². The fraction of sp³-hybridized carbons (Fsp3) is 0.385. The van der Waals surface area contributed by atoms with Crippen molar-refractivity contribution in [1.29, 1.82) is 0 Å². The minimum absolute atomic E-state index is 0.00516. The number of halogens is 1. The Morgan fingerprint density at radius 3 is 2.58 bits per heavy atom. The van der Waals surface area contributed by atoms with Crippen LogP contribution in [0.15, 0.2) is 24.3 Å². The van der Waals surface area contributed by atoms with E-state index in [9.17, 15) is 9.59 Å². The lowest BCUT2D eigenvalue weighted by Gasteiger charge is -2.10. The van der Waals surface area contributed by atoms with Crippen molar-refractivity contribution >= 4 is 23.5 Å².